The molecule has 0 aliphatic carbocycles. The van der Waals surface area contributed by atoms with Gasteiger partial charge in [-0.2, -0.15) is 0 Å². The molecule has 23 heavy (non-hydrogen) atoms. The number of carbonyl (C=O) groups excluding carboxylic acids is 1. The minimum Gasteiger partial charge on any atom is -0.497 e. The topological polar surface area (TPSA) is 56.8 Å². The van der Waals surface area contributed by atoms with Crippen molar-refractivity contribution in [2.45, 2.75) is 0 Å². The van der Waals surface area contributed by atoms with E-state index in [1.165, 1.54) is 0 Å². The van der Waals surface area contributed by atoms with Gasteiger partial charge in [0, 0.05) is 5.56 Å². The SMILES string of the molecule is COc1ccc(OCCNC(=O)c2ccc(OC)c(Br)c2)cc1. The zero-order chi connectivity index (χ0) is 16.7. The third-order valence-corrected chi connectivity index (χ3v) is 3.75. The molecular weight excluding hydrogens is 362 g/mol. The molecule has 0 spiro atoms. The van der Waals surface area contributed by atoms with E-state index in [0.717, 1.165) is 16.0 Å². The second kappa shape index (κ2) is 8.43. The Morgan fingerprint density at radius 2 is 1.74 bits per heavy atom. The summed E-state index contributed by atoms with van der Waals surface area (Å²) in [6.45, 7) is 0.796. The summed E-state index contributed by atoms with van der Waals surface area (Å²) in [7, 11) is 3.19. The van der Waals surface area contributed by atoms with Crippen LogP contribution in [0.4, 0.5) is 0 Å². The molecule has 2 aromatic rings. The predicted molar refractivity (Wildman–Crippen MR) is 91.5 cm³/mol. The van der Waals surface area contributed by atoms with Gasteiger partial charge in [-0.25, -0.2) is 0 Å². The van der Waals surface area contributed by atoms with Crippen LogP contribution in [-0.2, 0) is 0 Å². The predicted octanol–water partition coefficient (Wildman–Crippen LogP) is 3.28. The normalized spacial score (nSPS) is 10.0. The number of benzene rings is 2. The maximum absolute atomic E-state index is 12.0. The number of hydrogen-bond acceptors (Lipinski definition) is 4. The minimum absolute atomic E-state index is 0.160. The molecule has 0 radical (unpaired) electrons. The van der Waals surface area contributed by atoms with E-state index in [4.69, 9.17) is 14.2 Å². The van der Waals surface area contributed by atoms with Gasteiger partial charge in [0.25, 0.3) is 5.91 Å². The number of rotatable bonds is 7. The Morgan fingerprint density at radius 1 is 1.04 bits per heavy atom. The van der Waals surface area contributed by atoms with E-state index in [9.17, 15) is 4.79 Å². The fourth-order valence-electron chi connectivity index (χ4n) is 1.92. The highest BCUT2D eigenvalue weighted by atomic mass is 79.9. The summed E-state index contributed by atoms with van der Waals surface area (Å²) in [6.07, 6.45) is 0. The number of ether oxygens (including phenoxy) is 3. The van der Waals surface area contributed by atoms with Crippen molar-refractivity contribution >= 4 is 21.8 Å². The second-order valence-electron chi connectivity index (χ2n) is 4.63. The average molecular weight is 380 g/mol. The van der Waals surface area contributed by atoms with Gasteiger partial charge in [-0.1, -0.05) is 0 Å². The summed E-state index contributed by atoms with van der Waals surface area (Å²) in [6, 6.07) is 12.5. The Balaban J connectivity index is 1.79. The Labute approximate surface area is 143 Å². The largest absolute Gasteiger partial charge is 0.497 e. The lowest BCUT2D eigenvalue weighted by Crippen LogP contribution is -2.28. The standard InChI is InChI=1S/C17H18BrNO4/c1-21-13-4-6-14(7-5-13)23-10-9-19-17(20)12-3-8-16(22-2)15(18)11-12/h3-8,11H,9-10H2,1-2H3,(H,19,20). The first-order valence-corrected chi connectivity index (χ1v) is 7.82. The van der Waals surface area contributed by atoms with Crippen LogP contribution in [0.3, 0.4) is 0 Å². The molecule has 0 bridgehead atoms. The van der Waals surface area contributed by atoms with Gasteiger partial charge in [0.1, 0.15) is 23.9 Å². The molecule has 0 unspecified atom stereocenters. The summed E-state index contributed by atoms with van der Waals surface area (Å²) in [4.78, 5) is 12.0. The van der Waals surface area contributed by atoms with E-state index < -0.39 is 0 Å². The third kappa shape index (κ3) is 4.89. The van der Waals surface area contributed by atoms with Crippen molar-refractivity contribution in [2.75, 3.05) is 27.4 Å². The van der Waals surface area contributed by atoms with Crippen LogP contribution >= 0.6 is 15.9 Å². The van der Waals surface area contributed by atoms with Gasteiger partial charge in [0.2, 0.25) is 0 Å². The highest BCUT2D eigenvalue weighted by Crippen LogP contribution is 2.25. The van der Waals surface area contributed by atoms with Gasteiger partial charge < -0.3 is 19.5 Å². The number of nitrogens with one attached hydrogen (secondary N) is 1. The van der Waals surface area contributed by atoms with E-state index >= 15 is 0 Å². The van der Waals surface area contributed by atoms with Crippen LogP contribution in [-0.4, -0.2) is 33.3 Å². The van der Waals surface area contributed by atoms with Crippen LogP contribution in [0.1, 0.15) is 10.4 Å². The number of carbonyl (C=O) groups is 1. The number of halogens is 1. The molecular formula is C17H18BrNO4. The quantitative estimate of drug-likeness (QED) is 0.750. The van der Waals surface area contributed by atoms with Crippen LogP contribution in [0.15, 0.2) is 46.9 Å². The zero-order valence-electron chi connectivity index (χ0n) is 13.0. The molecule has 2 rings (SSSR count). The molecule has 0 aromatic heterocycles. The van der Waals surface area contributed by atoms with Crippen LogP contribution in [0.2, 0.25) is 0 Å². The third-order valence-electron chi connectivity index (χ3n) is 3.13. The second-order valence-corrected chi connectivity index (χ2v) is 5.48. The summed E-state index contributed by atoms with van der Waals surface area (Å²) >= 11 is 3.36. The molecule has 0 saturated heterocycles. The van der Waals surface area contributed by atoms with Crippen molar-refractivity contribution in [3.05, 3.63) is 52.5 Å². The Kier molecular flexibility index (Phi) is 6.29. The summed E-state index contributed by atoms with van der Waals surface area (Å²) in [5, 5.41) is 2.81. The van der Waals surface area contributed by atoms with Crippen molar-refractivity contribution in [2.24, 2.45) is 0 Å². The van der Waals surface area contributed by atoms with Crippen LogP contribution in [0.25, 0.3) is 0 Å². The van der Waals surface area contributed by atoms with E-state index in [0.29, 0.717) is 24.5 Å². The lowest BCUT2D eigenvalue weighted by molar-refractivity contribution is 0.0947. The zero-order valence-corrected chi connectivity index (χ0v) is 14.6. The lowest BCUT2D eigenvalue weighted by atomic mass is 10.2. The van der Waals surface area contributed by atoms with E-state index in [2.05, 4.69) is 21.2 Å². The van der Waals surface area contributed by atoms with Crippen molar-refractivity contribution < 1.29 is 19.0 Å². The van der Waals surface area contributed by atoms with Gasteiger partial charge >= 0.3 is 0 Å². The van der Waals surface area contributed by atoms with Crippen LogP contribution in [0.5, 0.6) is 17.2 Å². The molecule has 2 aromatic carbocycles. The Bertz CT molecular complexity index is 658. The number of hydrogen-bond donors (Lipinski definition) is 1. The molecule has 0 heterocycles. The molecule has 0 atom stereocenters. The summed E-state index contributed by atoms with van der Waals surface area (Å²) < 4.78 is 16.5. The van der Waals surface area contributed by atoms with E-state index in [-0.39, 0.29) is 5.91 Å². The van der Waals surface area contributed by atoms with Crippen molar-refractivity contribution in [3.8, 4) is 17.2 Å². The molecule has 122 valence electrons. The molecule has 6 heteroatoms. The first kappa shape index (κ1) is 17.1. The smallest absolute Gasteiger partial charge is 0.251 e. The Morgan fingerprint density at radius 3 is 2.35 bits per heavy atom. The monoisotopic (exact) mass is 379 g/mol. The molecule has 0 saturated carbocycles. The lowest BCUT2D eigenvalue weighted by Gasteiger charge is -2.09. The molecule has 1 N–H and O–H groups in total. The maximum atomic E-state index is 12.0. The Hall–Kier alpha value is -2.21. The number of amides is 1. The van der Waals surface area contributed by atoms with Gasteiger partial charge in [-0.15, -0.1) is 0 Å². The van der Waals surface area contributed by atoms with Crippen molar-refractivity contribution in [1.82, 2.24) is 5.32 Å². The maximum Gasteiger partial charge on any atom is 0.251 e. The van der Waals surface area contributed by atoms with E-state index in [1.807, 2.05) is 24.3 Å². The van der Waals surface area contributed by atoms with E-state index in [1.54, 1.807) is 32.4 Å². The first-order valence-electron chi connectivity index (χ1n) is 7.02. The molecule has 0 fully saturated rings. The first-order chi connectivity index (χ1) is 11.1. The van der Waals surface area contributed by atoms with Crippen LogP contribution < -0.4 is 19.5 Å². The molecule has 5 nitrogen and oxygen atoms in total. The van der Waals surface area contributed by atoms with Crippen LogP contribution in [0, 0.1) is 0 Å². The molecule has 0 aliphatic rings. The van der Waals surface area contributed by atoms with Crippen molar-refractivity contribution in [1.29, 1.82) is 0 Å². The van der Waals surface area contributed by atoms with Gasteiger partial charge in [0.05, 0.1) is 25.2 Å². The highest BCUT2D eigenvalue weighted by Gasteiger charge is 2.08. The fourth-order valence-corrected chi connectivity index (χ4v) is 2.46. The van der Waals surface area contributed by atoms with Gasteiger partial charge in [0.15, 0.2) is 0 Å². The summed E-state index contributed by atoms with van der Waals surface area (Å²) in [5.74, 6) is 2.03. The highest BCUT2D eigenvalue weighted by molar-refractivity contribution is 9.10. The average Bonchev–Trinajstić information content (AvgIpc) is 2.59. The summed E-state index contributed by atoms with van der Waals surface area (Å²) in [5.41, 5.74) is 0.558. The van der Waals surface area contributed by atoms with Gasteiger partial charge in [-0.05, 0) is 58.4 Å². The van der Waals surface area contributed by atoms with Crippen molar-refractivity contribution in [3.63, 3.8) is 0 Å². The number of methoxy groups -OCH3 is 2. The van der Waals surface area contributed by atoms with Gasteiger partial charge in [-0.3, -0.25) is 4.79 Å². The minimum atomic E-state index is -0.160. The molecule has 1 amide bonds. The molecule has 0 aliphatic heterocycles. The fraction of sp³-hybridized carbons (Fsp3) is 0.235.